The van der Waals surface area contributed by atoms with Crippen LogP contribution in [0.1, 0.15) is 19.3 Å². The first-order chi connectivity index (χ1) is 8.95. The predicted molar refractivity (Wildman–Crippen MR) is 62.6 cm³/mol. The van der Waals surface area contributed by atoms with Crippen LogP contribution in [0.3, 0.4) is 0 Å². The predicted octanol–water partition coefficient (Wildman–Crippen LogP) is 1.97. The first-order valence-corrected chi connectivity index (χ1v) is 5.50. The minimum Gasteiger partial charge on any atom is -0.396 e. The lowest BCUT2D eigenvalue weighted by Gasteiger charge is -2.06. The van der Waals surface area contributed by atoms with Gasteiger partial charge in [0, 0.05) is 25.2 Å². The molecule has 0 fully saturated rings. The average molecular weight is 274 g/mol. The number of aliphatic hydroxyl groups excluding tert-OH is 1. The first-order valence-electron chi connectivity index (χ1n) is 5.50. The second kappa shape index (κ2) is 6.74. The zero-order valence-corrected chi connectivity index (χ0v) is 9.86. The van der Waals surface area contributed by atoms with Crippen LogP contribution in [0.4, 0.5) is 20.2 Å². The summed E-state index contributed by atoms with van der Waals surface area (Å²) >= 11 is 0. The van der Waals surface area contributed by atoms with Crippen LogP contribution in [0.5, 0.6) is 0 Å². The number of halogens is 2. The lowest BCUT2D eigenvalue weighted by atomic mass is 10.2. The molecule has 1 amide bonds. The van der Waals surface area contributed by atoms with E-state index in [1.165, 1.54) is 0 Å². The van der Waals surface area contributed by atoms with Crippen LogP contribution in [-0.2, 0) is 4.79 Å². The Morgan fingerprint density at radius 3 is 2.58 bits per heavy atom. The highest BCUT2D eigenvalue weighted by Crippen LogP contribution is 2.25. The Morgan fingerprint density at radius 1 is 1.32 bits per heavy atom. The summed E-state index contributed by atoms with van der Waals surface area (Å²) in [5.74, 6) is -2.95. The molecule has 0 atom stereocenters. The Bertz CT molecular complexity index is 494. The number of nitrogens with zero attached hydrogens (tertiary/aromatic N) is 1. The highest BCUT2D eigenvalue weighted by molar-refractivity contribution is 5.91. The molecule has 104 valence electrons. The van der Waals surface area contributed by atoms with Gasteiger partial charge in [-0.15, -0.1) is 0 Å². The van der Waals surface area contributed by atoms with Gasteiger partial charge in [0.1, 0.15) is 5.82 Å². The third kappa shape index (κ3) is 4.25. The number of hydrogen-bond donors (Lipinski definition) is 2. The van der Waals surface area contributed by atoms with Crippen molar-refractivity contribution in [1.82, 2.24) is 0 Å². The molecule has 2 N–H and O–H groups in total. The number of carbonyl (C=O) groups excluding carboxylic acids is 1. The number of nitro benzene ring substituents is 1. The Kier molecular flexibility index (Phi) is 5.31. The van der Waals surface area contributed by atoms with E-state index in [1.807, 2.05) is 0 Å². The molecule has 19 heavy (non-hydrogen) atoms. The van der Waals surface area contributed by atoms with Crippen LogP contribution in [0.25, 0.3) is 0 Å². The summed E-state index contributed by atoms with van der Waals surface area (Å²) in [5, 5.41) is 21.1. The Morgan fingerprint density at radius 2 is 2.00 bits per heavy atom. The van der Waals surface area contributed by atoms with Crippen LogP contribution >= 0.6 is 0 Å². The molecule has 0 heterocycles. The smallest absolute Gasteiger partial charge is 0.307 e. The van der Waals surface area contributed by atoms with Crippen molar-refractivity contribution in [2.75, 3.05) is 11.9 Å². The van der Waals surface area contributed by atoms with Gasteiger partial charge in [-0.25, -0.2) is 4.39 Å². The number of nitro groups is 1. The number of anilines is 1. The minimum absolute atomic E-state index is 0.0329. The summed E-state index contributed by atoms with van der Waals surface area (Å²) in [6, 6.07) is 0.982. The number of rotatable bonds is 6. The van der Waals surface area contributed by atoms with Crippen LogP contribution in [0.15, 0.2) is 12.1 Å². The van der Waals surface area contributed by atoms with Crippen LogP contribution < -0.4 is 5.32 Å². The maximum atomic E-state index is 13.3. The van der Waals surface area contributed by atoms with Gasteiger partial charge in [-0.2, -0.15) is 4.39 Å². The molecule has 0 aromatic heterocycles. The van der Waals surface area contributed by atoms with E-state index in [1.54, 1.807) is 0 Å². The van der Waals surface area contributed by atoms with E-state index < -0.39 is 33.8 Å². The standard InChI is InChI=1S/C11H12F2N2O4/c12-7-5-8(13)10(15(18)19)6-9(7)14-11(17)3-1-2-4-16/h5-6,16H,1-4H2,(H,14,17). The van der Waals surface area contributed by atoms with Crippen molar-refractivity contribution in [2.45, 2.75) is 19.3 Å². The summed E-state index contributed by atoms with van der Waals surface area (Å²) in [6.07, 6.45) is 0.845. The Hall–Kier alpha value is -2.09. The quantitative estimate of drug-likeness (QED) is 0.471. The fraction of sp³-hybridized carbons (Fsp3) is 0.364. The van der Waals surface area contributed by atoms with Crippen molar-refractivity contribution in [2.24, 2.45) is 0 Å². The molecule has 0 radical (unpaired) electrons. The van der Waals surface area contributed by atoms with E-state index in [9.17, 15) is 23.7 Å². The average Bonchev–Trinajstić information content (AvgIpc) is 2.32. The monoisotopic (exact) mass is 274 g/mol. The number of carbonyl (C=O) groups is 1. The molecule has 0 aliphatic heterocycles. The molecular formula is C11H12F2N2O4. The number of nitrogens with one attached hydrogen (secondary N) is 1. The first kappa shape index (κ1) is 15.0. The van der Waals surface area contributed by atoms with E-state index in [4.69, 9.17) is 5.11 Å². The van der Waals surface area contributed by atoms with Crippen molar-refractivity contribution >= 4 is 17.3 Å². The Labute approximate surface area is 107 Å². The number of aliphatic hydroxyl groups is 1. The maximum Gasteiger partial charge on any atom is 0.307 e. The van der Waals surface area contributed by atoms with Gasteiger partial charge in [-0.05, 0) is 12.8 Å². The molecular weight excluding hydrogens is 262 g/mol. The van der Waals surface area contributed by atoms with Crippen LogP contribution in [0, 0.1) is 21.7 Å². The SMILES string of the molecule is O=C(CCCCO)Nc1cc([N+](=O)[O-])c(F)cc1F. The molecule has 1 aromatic carbocycles. The summed E-state index contributed by atoms with van der Waals surface area (Å²) in [6.45, 7) is -0.0658. The third-order valence-corrected chi connectivity index (χ3v) is 2.32. The van der Waals surface area contributed by atoms with Crippen LogP contribution in [0.2, 0.25) is 0 Å². The molecule has 0 unspecified atom stereocenters. The van der Waals surface area contributed by atoms with Gasteiger partial charge in [0.05, 0.1) is 10.6 Å². The molecule has 8 heteroatoms. The number of amides is 1. The summed E-state index contributed by atoms with van der Waals surface area (Å²) in [4.78, 5) is 20.9. The molecule has 1 rings (SSSR count). The molecule has 0 aliphatic carbocycles. The van der Waals surface area contributed by atoms with Gasteiger partial charge in [-0.1, -0.05) is 0 Å². The number of unbranched alkanes of at least 4 members (excludes halogenated alkanes) is 1. The molecule has 0 aliphatic rings. The zero-order valence-electron chi connectivity index (χ0n) is 9.86. The van der Waals surface area contributed by atoms with E-state index >= 15 is 0 Å². The van der Waals surface area contributed by atoms with Gasteiger partial charge < -0.3 is 10.4 Å². The van der Waals surface area contributed by atoms with Gasteiger partial charge in [0.15, 0.2) is 0 Å². The van der Waals surface area contributed by atoms with Crippen molar-refractivity contribution < 1.29 is 23.6 Å². The highest BCUT2D eigenvalue weighted by atomic mass is 19.1. The largest absolute Gasteiger partial charge is 0.396 e. The van der Waals surface area contributed by atoms with Gasteiger partial charge in [0.2, 0.25) is 11.7 Å². The normalized spacial score (nSPS) is 10.3. The maximum absolute atomic E-state index is 13.3. The number of hydrogen-bond acceptors (Lipinski definition) is 4. The Balaban J connectivity index is 2.80. The van der Waals surface area contributed by atoms with Crippen LogP contribution in [-0.4, -0.2) is 22.5 Å². The summed E-state index contributed by atoms with van der Waals surface area (Å²) < 4.78 is 26.4. The molecule has 6 nitrogen and oxygen atoms in total. The van der Waals surface area contributed by atoms with E-state index in [0.717, 1.165) is 0 Å². The van der Waals surface area contributed by atoms with Gasteiger partial charge in [-0.3, -0.25) is 14.9 Å². The minimum atomic E-state index is -1.30. The fourth-order valence-corrected chi connectivity index (χ4v) is 1.38. The third-order valence-electron chi connectivity index (χ3n) is 2.32. The highest BCUT2D eigenvalue weighted by Gasteiger charge is 2.19. The summed E-state index contributed by atoms with van der Waals surface area (Å²) in [5.41, 5.74) is -1.35. The second-order valence-corrected chi connectivity index (χ2v) is 3.77. The lowest BCUT2D eigenvalue weighted by Crippen LogP contribution is -2.13. The second-order valence-electron chi connectivity index (χ2n) is 3.77. The van der Waals surface area contributed by atoms with E-state index in [-0.39, 0.29) is 13.0 Å². The summed E-state index contributed by atoms with van der Waals surface area (Å²) in [7, 11) is 0. The fourth-order valence-electron chi connectivity index (χ4n) is 1.38. The van der Waals surface area contributed by atoms with E-state index in [0.29, 0.717) is 25.0 Å². The number of benzene rings is 1. The molecule has 0 saturated carbocycles. The van der Waals surface area contributed by atoms with Crippen molar-refractivity contribution in [1.29, 1.82) is 0 Å². The van der Waals surface area contributed by atoms with Crippen molar-refractivity contribution in [3.63, 3.8) is 0 Å². The van der Waals surface area contributed by atoms with E-state index in [2.05, 4.69) is 5.32 Å². The van der Waals surface area contributed by atoms with Gasteiger partial charge >= 0.3 is 5.69 Å². The lowest BCUT2D eigenvalue weighted by molar-refractivity contribution is -0.387. The molecule has 1 aromatic rings. The molecule has 0 spiro atoms. The topological polar surface area (TPSA) is 92.5 Å². The molecule has 0 bridgehead atoms. The van der Waals surface area contributed by atoms with Crippen molar-refractivity contribution in [3.05, 3.63) is 33.9 Å². The van der Waals surface area contributed by atoms with Gasteiger partial charge in [0.25, 0.3) is 0 Å². The van der Waals surface area contributed by atoms with Crippen molar-refractivity contribution in [3.8, 4) is 0 Å². The molecule has 0 saturated heterocycles. The zero-order chi connectivity index (χ0) is 14.4.